The number of rotatable bonds is 0. The number of aromatic nitrogens is 1. The number of nitrogens with zero attached hydrogens (tertiary/aromatic N) is 1. The van der Waals surface area contributed by atoms with Crippen LogP contribution >= 0.6 is 34.2 Å². The molecular formula is C6H2ClF3IN. The van der Waals surface area contributed by atoms with Gasteiger partial charge >= 0.3 is 6.18 Å². The van der Waals surface area contributed by atoms with Crippen molar-refractivity contribution in [1.29, 1.82) is 0 Å². The standard InChI is InChI=1S/C6H2ClF3IN/c7-3-1-12-2-4(11)5(3)6(8,9)10/h1-2H. The molecule has 66 valence electrons. The molecule has 0 aliphatic rings. The van der Waals surface area contributed by atoms with E-state index in [9.17, 15) is 13.2 Å². The molecule has 1 heterocycles. The van der Waals surface area contributed by atoms with Crippen molar-refractivity contribution in [2.75, 3.05) is 0 Å². The summed E-state index contributed by atoms with van der Waals surface area (Å²) in [4.78, 5) is 3.52. The van der Waals surface area contributed by atoms with E-state index in [0.29, 0.717) is 0 Å². The van der Waals surface area contributed by atoms with Crippen LogP contribution in [0.3, 0.4) is 0 Å². The van der Waals surface area contributed by atoms with Crippen molar-refractivity contribution >= 4 is 34.2 Å². The van der Waals surface area contributed by atoms with Gasteiger partial charge in [0.1, 0.15) is 0 Å². The molecule has 0 N–H and O–H groups in total. The van der Waals surface area contributed by atoms with Gasteiger partial charge in [0.15, 0.2) is 0 Å². The van der Waals surface area contributed by atoms with Crippen molar-refractivity contribution in [2.45, 2.75) is 6.18 Å². The van der Waals surface area contributed by atoms with Gasteiger partial charge in [-0.1, -0.05) is 11.6 Å². The first kappa shape index (κ1) is 10.0. The third kappa shape index (κ3) is 2.01. The Morgan fingerprint density at radius 3 is 2.25 bits per heavy atom. The van der Waals surface area contributed by atoms with Crippen LogP contribution in [0.25, 0.3) is 0 Å². The van der Waals surface area contributed by atoms with Crippen LogP contribution in [0.5, 0.6) is 0 Å². The highest BCUT2D eigenvalue weighted by atomic mass is 127. The normalized spacial score (nSPS) is 11.8. The Kier molecular flexibility index (Phi) is 2.82. The fourth-order valence-electron chi connectivity index (χ4n) is 0.682. The van der Waals surface area contributed by atoms with Crippen LogP contribution in [0, 0.1) is 3.57 Å². The van der Waals surface area contributed by atoms with Crippen LogP contribution in [0.15, 0.2) is 12.4 Å². The lowest BCUT2D eigenvalue weighted by Crippen LogP contribution is -2.08. The topological polar surface area (TPSA) is 12.9 Å². The minimum Gasteiger partial charge on any atom is -0.262 e. The summed E-state index contributed by atoms with van der Waals surface area (Å²) in [5.74, 6) is 0. The van der Waals surface area contributed by atoms with Gasteiger partial charge in [-0.2, -0.15) is 13.2 Å². The molecule has 1 aromatic rings. The van der Waals surface area contributed by atoms with Crippen molar-refractivity contribution in [3.05, 3.63) is 26.5 Å². The highest BCUT2D eigenvalue weighted by Gasteiger charge is 2.35. The summed E-state index contributed by atoms with van der Waals surface area (Å²) in [6.45, 7) is 0. The van der Waals surface area contributed by atoms with Gasteiger partial charge in [-0.25, -0.2) is 0 Å². The molecule has 1 rings (SSSR count). The van der Waals surface area contributed by atoms with Crippen LogP contribution in [-0.4, -0.2) is 4.98 Å². The number of pyridine rings is 1. The lowest BCUT2D eigenvalue weighted by Gasteiger charge is -2.09. The average molecular weight is 307 g/mol. The zero-order valence-electron chi connectivity index (χ0n) is 5.49. The summed E-state index contributed by atoms with van der Waals surface area (Å²) in [6.07, 6.45) is -2.31. The van der Waals surface area contributed by atoms with Gasteiger partial charge < -0.3 is 0 Å². The molecule has 0 aliphatic heterocycles. The monoisotopic (exact) mass is 307 g/mol. The maximum absolute atomic E-state index is 12.2. The van der Waals surface area contributed by atoms with Gasteiger partial charge in [0.2, 0.25) is 0 Å². The van der Waals surface area contributed by atoms with Gasteiger partial charge in [-0.3, -0.25) is 4.98 Å². The Hall–Kier alpha value is -0.0400. The largest absolute Gasteiger partial charge is 0.418 e. The first-order valence-corrected chi connectivity index (χ1v) is 4.25. The molecule has 1 aromatic heterocycles. The van der Waals surface area contributed by atoms with Gasteiger partial charge in [0, 0.05) is 16.0 Å². The third-order valence-electron chi connectivity index (χ3n) is 1.14. The predicted octanol–water partition coefficient (Wildman–Crippen LogP) is 3.36. The van der Waals surface area contributed by atoms with Crippen molar-refractivity contribution in [1.82, 2.24) is 4.98 Å². The first-order valence-electron chi connectivity index (χ1n) is 2.79. The smallest absolute Gasteiger partial charge is 0.262 e. The maximum Gasteiger partial charge on any atom is 0.418 e. The van der Waals surface area contributed by atoms with Gasteiger partial charge in [0.05, 0.1) is 10.6 Å². The Balaban J connectivity index is 3.31. The molecule has 0 atom stereocenters. The van der Waals surface area contributed by atoms with Crippen LogP contribution in [-0.2, 0) is 6.18 Å². The zero-order valence-corrected chi connectivity index (χ0v) is 8.41. The summed E-state index contributed by atoms with van der Waals surface area (Å²) in [5.41, 5.74) is -0.820. The Labute approximate surface area is 85.1 Å². The number of halogens is 5. The van der Waals surface area contributed by atoms with Gasteiger partial charge in [0.25, 0.3) is 0 Å². The molecule has 0 saturated carbocycles. The number of hydrogen-bond donors (Lipinski definition) is 0. The van der Waals surface area contributed by atoms with E-state index in [2.05, 4.69) is 4.98 Å². The molecule has 0 unspecified atom stereocenters. The third-order valence-corrected chi connectivity index (χ3v) is 2.24. The lowest BCUT2D eigenvalue weighted by molar-refractivity contribution is -0.138. The molecule has 0 bridgehead atoms. The van der Waals surface area contributed by atoms with Gasteiger partial charge in [-0.05, 0) is 22.6 Å². The molecule has 0 spiro atoms. The summed E-state index contributed by atoms with van der Waals surface area (Å²) >= 11 is 6.87. The van der Waals surface area contributed by atoms with Gasteiger partial charge in [-0.15, -0.1) is 0 Å². The molecule has 0 radical (unpaired) electrons. The molecule has 0 fully saturated rings. The van der Waals surface area contributed by atoms with Crippen molar-refractivity contribution in [3.8, 4) is 0 Å². The quantitative estimate of drug-likeness (QED) is 0.670. The highest BCUT2D eigenvalue weighted by molar-refractivity contribution is 14.1. The van der Waals surface area contributed by atoms with E-state index < -0.39 is 11.7 Å². The van der Waals surface area contributed by atoms with Crippen LogP contribution in [0.2, 0.25) is 5.02 Å². The lowest BCUT2D eigenvalue weighted by atomic mass is 10.3. The minimum absolute atomic E-state index is 0.00704. The molecule has 0 amide bonds. The Morgan fingerprint density at radius 1 is 1.33 bits per heavy atom. The molecule has 0 saturated heterocycles. The average Bonchev–Trinajstić information content (AvgIpc) is 1.82. The van der Waals surface area contributed by atoms with Crippen LogP contribution < -0.4 is 0 Å². The first-order chi connectivity index (χ1) is 5.43. The van der Waals surface area contributed by atoms with Crippen molar-refractivity contribution in [2.24, 2.45) is 0 Å². The highest BCUT2D eigenvalue weighted by Crippen LogP contribution is 2.36. The second-order valence-electron chi connectivity index (χ2n) is 1.98. The van der Waals surface area contributed by atoms with Crippen molar-refractivity contribution in [3.63, 3.8) is 0 Å². The summed E-state index contributed by atoms with van der Waals surface area (Å²) in [7, 11) is 0. The Morgan fingerprint density at radius 2 is 1.92 bits per heavy atom. The molecular weight excluding hydrogens is 305 g/mol. The van der Waals surface area contributed by atoms with E-state index in [0.717, 1.165) is 12.4 Å². The molecule has 0 aliphatic carbocycles. The molecule has 6 heteroatoms. The van der Waals surface area contributed by atoms with Crippen molar-refractivity contribution < 1.29 is 13.2 Å². The molecule has 0 aromatic carbocycles. The van der Waals surface area contributed by atoms with E-state index in [4.69, 9.17) is 11.6 Å². The summed E-state index contributed by atoms with van der Waals surface area (Å²) < 4.78 is 36.6. The van der Waals surface area contributed by atoms with Crippen LogP contribution in [0.4, 0.5) is 13.2 Å². The zero-order chi connectivity index (χ0) is 9.35. The summed E-state index contributed by atoms with van der Waals surface area (Å²) in [5, 5.41) is -0.366. The minimum atomic E-state index is -4.41. The molecule has 12 heavy (non-hydrogen) atoms. The second kappa shape index (κ2) is 3.37. The maximum atomic E-state index is 12.2. The fraction of sp³-hybridized carbons (Fsp3) is 0.167. The summed E-state index contributed by atoms with van der Waals surface area (Å²) in [6, 6.07) is 0. The van der Waals surface area contributed by atoms with E-state index >= 15 is 0 Å². The number of hydrogen-bond acceptors (Lipinski definition) is 1. The predicted molar refractivity (Wildman–Crippen MR) is 47.0 cm³/mol. The van der Waals surface area contributed by atoms with E-state index in [-0.39, 0.29) is 8.59 Å². The fourth-order valence-corrected chi connectivity index (χ4v) is 1.86. The van der Waals surface area contributed by atoms with E-state index in [1.165, 1.54) is 0 Å². The second-order valence-corrected chi connectivity index (χ2v) is 3.55. The SMILES string of the molecule is FC(F)(F)c1c(Cl)cncc1I. The Bertz CT molecular complexity index is 279. The molecule has 1 nitrogen and oxygen atoms in total. The van der Waals surface area contributed by atoms with E-state index in [1.807, 2.05) is 0 Å². The number of alkyl halides is 3. The van der Waals surface area contributed by atoms with Crippen LogP contribution in [0.1, 0.15) is 5.56 Å². The van der Waals surface area contributed by atoms with E-state index in [1.54, 1.807) is 22.6 Å².